The van der Waals surface area contributed by atoms with Gasteiger partial charge in [-0.05, 0) is 44.5 Å². The number of benzene rings is 4. The lowest BCUT2D eigenvalue weighted by atomic mass is 9.85. The van der Waals surface area contributed by atoms with E-state index in [1.54, 1.807) is 18.2 Å². The molecule has 5 rings (SSSR count). The lowest BCUT2D eigenvalue weighted by Gasteiger charge is -2.28. The molecule has 0 amide bonds. The van der Waals surface area contributed by atoms with E-state index in [9.17, 15) is 9.59 Å². The predicted octanol–water partition coefficient (Wildman–Crippen LogP) is 7.02. The summed E-state index contributed by atoms with van der Waals surface area (Å²) in [6, 6.07) is 33.2. The molecule has 0 aromatic heterocycles. The van der Waals surface area contributed by atoms with E-state index in [-0.39, 0.29) is 19.0 Å². The first-order valence-corrected chi connectivity index (χ1v) is 13.7. The molecule has 0 saturated carbocycles. The molecule has 1 aliphatic rings. The maximum Gasteiger partial charge on any atom is 0.332 e. The second kappa shape index (κ2) is 12.2. The Morgan fingerprint density at radius 2 is 1.32 bits per heavy atom. The Morgan fingerprint density at radius 1 is 0.756 bits per heavy atom. The van der Waals surface area contributed by atoms with Gasteiger partial charge >= 0.3 is 5.97 Å². The van der Waals surface area contributed by atoms with E-state index in [4.69, 9.17) is 19.2 Å². The van der Waals surface area contributed by atoms with Gasteiger partial charge in [0.1, 0.15) is 5.60 Å². The molecule has 0 fully saturated rings. The number of aliphatic imine (C=N–C) groups is 1. The minimum absolute atomic E-state index is 0.0356. The van der Waals surface area contributed by atoms with Crippen molar-refractivity contribution in [1.82, 2.24) is 0 Å². The van der Waals surface area contributed by atoms with Gasteiger partial charge in [-0.25, -0.2) is 4.79 Å². The molecule has 4 aromatic rings. The minimum Gasteiger partial charge on any atom is -0.458 e. The molecule has 0 N–H and O–H groups in total. The van der Waals surface area contributed by atoms with Crippen LogP contribution in [0.1, 0.15) is 60.2 Å². The van der Waals surface area contributed by atoms with Crippen molar-refractivity contribution in [1.29, 1.82) is 0 Å². The van der Waals surface area contributed by atoms with Crippen molar-refractivity contribution in [3.8, 4) is 11.5 Å². The average molecular weight is 548 g/mol. The number of ether oxygens (including phenoxy) is 3. The van der Waals surface area contributed by atoms with Gasteiger partial charge < -0.3 is 14.2 Å². The van der Waals surface area contributed by atoms with Crippen molar-refractivity contribution in [2.75, 3.05) is 6.79 Å². The third-order valence-electron chi connectivity index (χ3n) is 6.72. The molecule has 1 heterocycles. The molecule has 2 atom stereocenters. The monoisotopic (exact) mass is 547 g/mol. The molecular weight excluding hydrogens is 514 g/mol. The quantitative estimate of drug-likeness (QED) is 0.128. The maximum atomic E-state index is 14.0. The number of hydrogen-bond acceptors (Lipinski definition) is 6. The van der Waals surface area contributed by atoms with E-state index < -0.39 is 23.5 Å². The van der Waals surface area contributed by atoms with Gasteiger partial charge in [-0.1, -0.05) is 91.0 Å². The molecule has 208 valence electrons. The zero-order valence-corrected chi connectivity index (χ0v) is 23.4. The van der Waals surface area contributed by atoms with E-state index in [1.165, 1.54) is 0 Å². The summed E-state index contributed by atoms with van der Waals surface area (Å²) < 4.78 is 16.8. The van der Waals surface area contributed by atoms with Gasteiger partial charge in [0.25, 0.3) is 0 Å². The first-order chi connectivity index (χ1) is 19.8. The molecular formula is C35H33NO5. The first-order valence-electron chi connectivity index (χ1n) is 13.7. The van der Waals surface area contributed by atoms with Crippen LogP contribution in [-0.2, 0) is 9.53 Å². The van der Waals surface area contributed by atoms with Gasteiger partial charge in [0.2, 0.25) is 6.79 Å². The standard InChI is InChI=1S/C35H33NO5/c1-35(2,3)41-34(38)33(36-32(25-15-9-5-10-16-25)26-17-11-6-12-18-26)28(24-13-7-4-8-14-24)22-29(37)27-19-20-30-31(21-27)40-23-39-30/h4-21,28,33H,22-23H2,1-3H3/t28-,33+/m0/s1. The molecule has 41 heavy (non-hydrogen) atoms. The van der Waals surface area contributed by atoms with Gasteiger partial charge in [-0.2, -0.15) is 0 Å². The summed E-state index contributed by atoms with van der Waals surface area (Å²) in [6.07, 6.45) is 0.0356. The zero-order valence-electron chi connectivity index (χ0n) is 23.4. The smallest absolute Gasteiger partial charge is 0.332 e. The topological polar surface area (TPSA) is 74.2 Å². The van der Waals surface area contributed by atoms with Crippen LogP contribution in [0.15, 0.2) is 114 Å². The minimum atomic E-state index is -0.995. The Kier molecular flexibility index (Phi) is 8.29. The van der Waals surface area contributed by atoms with Crippen molar-refractivity contribution in [3.63, 3.8) is 0 Å². The highest BCUT2D eigenvalue weighted by atomic mass is 16.7. The first kappa shape index (κ1) is 27.8. The number of fused-ring (bicyclic) bond motifs is 1. The second-order valence-corrected chi connectivity index (χ2v) is 10.9. The number of rotatable bonds is 9. The summed E-state index contributed by atoms with van der Waals surface area (Å²) in [5.74, 6) is -0.0838. The number of hydrogen-bond donors (Lipinski definition) is 0. The summed E-state index contributed by atoms with van der Waals surface area (Å²) in [4.78, 5) is 32.9. The van der Waals surface area contributed by atoms with Gasteiger partial charge in [0.15, 0.2) is 23.3 Å². The Balaban J connectivity index is 1.62. The van der Waals surface area contributed by atoms with E-state index >= 15 is 0 Å². The van der Waals surface area contributed by atoms with Crippen LogP contribution in [0.5, 0.6) is 11.5 Å². The lowest BCUT2D eigenvalue weighted by Crippen LogP contribution is -2.36. The van der Waals surface area contributed by atoms with Gasteiger partial charge in [0, 0.05) is 29.0 Å². The number of nitrogens with zero attached hydrogens (tertiary/aromatic N) is 1. The van der Waals surface area contributed by atoms with Crippen LogP contribution in [-0.4, -0.2) is 35.9 Å². The summed E-state index contributed by atoms with van der Waals surface area (Å²) >= 11 is 0. The lowest BCUT2D eigenvalue weighted by molar-refractivity contribution is -0.156. The molecule has 6 nitrogen and oxygen atoms in total. The predicted molar refractivity (Wildman–Crippen MR) is 159 cm³/mol. The maximum absolute atomic E-state index is 14.0. The fraction of sp³-hybridized carbons (Fsp3) is 0.229. The summed E-state index contributed by atoms with van der Waals surface area (Å²) in [7, 11) is 0. The molecule has 1 aliphatic heterocycles. The number of esters is 1. The van der Waals surface area contributed by atoms with E-state index in [0.717, 1.165) is 16.7 Å². The van der Waals surface area contributed by atoms with E-state index in [2.05, 4.69) is 0 Å². The number of Topliss-reactive ketones (excluding diaryl/α,β-unsaturated/α-hetero) is 1. The van der Waals surface area contributed by atoms with E-state index in [1.807, 2.05) is 112 Å². The summed E-state index contributed by atoms with van der Waals surface area (Å²) in [5.41, 5.74) is 2.93. The highest BCUT2D eigenvalue weighted by Crippen LogP contribution is 2.35. The molecule has 0 bridgehead atoms. The third kappa shape index (κ3) is 6.90. The van der Waals surface area contributed by atoms with Crippen molar-refractivity contribution >= 4 is 17.5 Å². The zero-order chi connectivity index (χ0) is 28.8. The molecule has 0 radical (unpaired) electrons. The Bertz CT molecular complexity index is 1480. The largest absolute Gasteiger partial charge is 0.458 e. The number of carbonyl (C=O) groups excluding carboxylic acids is 2. The highest BCUT2D eigenvalue weighted by Gasteiger charge is 2.35. The van der Waals surface area contributed by atoms with Crippen molar-refractivity contribution in [2.24, 2.45) is 4.99 Å². The molecule has 4 aromatic carbocycles. The van der Waals surface area contributed by atoms with Crippen molar-refractivity contribution < 1.29 is 23.8 Å². The Labute approximate surface area is 240 Å². The van der Waals surface area contributed by atoms with Gasteiger partial charge in [-0.3, -0.25) is 9.79 Å². The molecule has 0 unspecified atom stereocenters. The highest BCUT2D eigenvalue weighted by molar-refractivity contribution is 6.13. The summed E-state index contributed by atoms with van der Waals surface area (Å²) in [5, 5.41) is 0. The van der Waals surface area contributed by atoms with Gasteiger partial charge in [0.05, 0.1) is 5.71 Å². The average Bonchev–Trinajstić information content (AvgIpc) is 3.45. The number of carbonyl (C=O) groups is 2. The van der Waals surface area contributed by atoms with Crippen LogP contribution in [0.2, 0.25) is 0 Å². The van der Waals surface area contributed by atoms with Crippen LogP contribution in [0.25, 0.3) is 0 Å². The van der Waals surface area contributed by atoms with Crippen molar-refractivity contribution in [2.45, 2.75) is 44.8 Å². The Morgan fingerprint density at radius 3 is 1.90 bits per heavy atom. The van der Waals surface area contributed by atoms with Crippen LogP contribution in [0, 0.1) is 0 Å². The van der Waals surface area contributed by atoms with Crippen LogP contribution < -0.4 is 9.47 Å². The Hall–Kier alpha value is -4.71. The normalized spacial score (nSPS) is 13.6. The van der Waals surface area contributed by atoms with Crippen molar-refractivity contribution in [3.05, 3.63) is 131 Å². The molecule has 0 saturated heterocycles. The third-order valence-corrected chi connectivity index (χ3v) is 6.72. The summed E-state index contributed by atoms with van der Waals surface area (Å²) in [6.45, 7) is 5.61. The fourth-order valence-electron chi connectivity index (χ4n) is 4.82. The molecule has 6 heteroatoms. The van der Waals surface area contributed by atoms with Crippen LogP contribution >= 0.6 is 0 Å². The van der Waals surface area contributed by atoms with Crippen LogP contribution in [0.3, 0.4) is 0 Å². The molecule has 0 aliphatic carbocycles. The SMILES string of the molecule is CC(C)(C)OC(=O)[C@H](N=C(c1ccccc1)c1ccccc1)[C@@H](CC(=O)c1ccc2c(c1)OCO2)c1ccccc1. The van der Waals surface area contributed by atoms with Crippen LogP contribution in [0.4, 0.5) is 0 Å². The van der Waals surface area contributed by atoms with Gasteiger partial charge in [-0.15, -0.1) is 0 Å². The second-order valence-electron chi connectivity index (χ2n) is 10.9. The number of ketones is 1. The fourth-order valence-corrected chi connectivity index (χ4v) is 4.82. The molecule has 0 spiro atoms. The van der Waals surface area contributed by atoms with E-state index in [0.29, 0.717) is 22.8 Å².